The largest absolute Gasteiger partial charge is 0.465 e. The molecule has 1 rings (SSSR count). The van der Waals surface area contributed by atoms with Crippen molar-refractivity contribution in [2.24, 2.45) is 0 Å². The molecule has 1 aromatic rings. The van der Waals surface area contributed by atoms with Crippen LogP contribution in [0, 0.1) is 5.82 Å². The average molecular weight is 267 g/mol. The summed E-state index contributed by atoms with van der Waals surface area (Å²) in [4.78, 5) is 13.8. The first kappa shape index (κ1) is 15.6. The van der Waals surface area contributed by atoms with Gasteiger partial charge in [-0.1, -0.05) is 25.5 Å². The molecule has 0 spiro atoms. The van der Waals surface area contributed by atoms with Gasteiger partial charge in [-0.3, -0.25) is 9.69 Å². The molecule has 3 nitrogen and oxygen atoms in total. The summed E-state index contributed by atoms with van der Waals surface area (Å²) >= 11 is 0. The molecule has 0 fully saturated rings. The topological polar surface area (TPSA) is 29.5 Å². The van der Waals surface area contributed by atoms with E-state index in [1.54, 1.807) is 19.1 Å². The fourth-order valence-electron chi connectivity index (χ4n) is 2.02. The summed E-state index contributed by atoms with van der Waals surface area (Å²) in [6, 6.07) is 6.10. The number of esters is 1. The number of nitrogens with zero attached hydrogens (tertiary/aromatic N) is 1. The second-order valence-electron chi connectivity index (χ2n) is 4.60. The first-order valence-electron chi connectivity index (χ1n) is 6.69. The van der Waals surface area contributed by atoms with Gasteiger partial charge in [-0.2, -0.15) is 0 Å². The molecule has 0 radical (unpaired) electrons. The lowest BCUT2D eigenvalue weighted by Gasteiger charge is -2.26. The first-order chi connectivity index (χ1) is 9.08. The highest BCUT2D eigenvalue weighted by Gasteiger charge is 2.23. The standard InChI is InChI=1S/C15H22FNO2/c1-4-6-14(15(18)19-5-2)17(3)11-12-7-9-13(16)10-8-12/h7-10,14H,4-6,11H2,1-3H3. The SMILES string of the molecule is CCCC(C(=O)OCC)N(C)Cc1ccc(F)cc1. The molecular weight excluding hydrogens is 245 g/mol. The molecule has 106 valence electrons. The summed E-state index contributed by atoms with van der Waals surface area (Å²) in [5, 5.41) is 0. The van der Waals surface area contributed by atoms with Crippen LogP contribution >= 0.6 is 0 Å². The lowest BCUT2D eigenvalue weighted by Crippen LogP contribution is -2.39. The molecule has 0 aliphatic carbocycles. The number of carbonyl (C=O) groups excluding carboxylic acids is 1. The number of halogens is 1. The molecule has 1 unspecified atom stereocenters. The van der Waals surface area contributed by atoms with Crippen molar-refractivity contribution in [2.45, 2.75) is 39.3 Å². The first-order valence-corrected chi connectivity index (χ1v) is 6.69. The van der Waals surface area contributed by atoms with Crippen LogP contribution in [0.3, 0.4) is 0 Å². The van der Waals surface area contributed by atoms with E-state index in [2.05, 4.69) is 0 Å². The number of carbonyl (C=O) groups is 1. The fraction of sp³-hybridized carbons (Fsp3) is 0.533. The molecule has 1 atom stereocenters. The summed E-state index contributed by atoms with van der Waals surface area (Å²) in [6.45, 7) is 4.84. The normalized spacial score (nSPS) is 12.5. The highest BCUT2D eigenvalue weighted by molar-refractivity contribution is 5.75. The van der Waals surface area contributed by atoms with Gasteiger partial charge in [0.05, 0.1) is 6.61 Å². The number of hydrogen-bond donors (Lipinski definition) is 0. The van der Waals surface area contributed by atoms with Crippen molar-refractivity contribution in [2.75, 3.05) is 13.7 Å². The number of likely N-dealkylation sites (N-methyl/N-ethyl adjacent to an activating group) is 1. The summed E-state index contributed by atoms with van der Waals surface area (Å²) in [7, 11) is 1.89. The van der Waals surface area contributed by atoms with Crippen LogP contribution < -0.4 is 0 Å². The maximum atomic E-state index is 12.8. The van der Waals surface area contributed by atoms with Crippen LogP contribution in [0.2, 0.25) is 0 Å². The Morgan fingerprint density at radius 2 is 1.95 bits per heavy atom. The van der Waals surface area contributed by atoms with E-state index in [1.165, 1.54) is 12.1 Å². The smallest absolute Gasteiger partial charge is 0.323 e. The molecule has 0 aromatic heterocycles. The molecule has 4 heteroatoms. The maximum absolute atomic E-state index is 12.8. The maximum Gasteiger partial charge on any atom is 0.323 e. The third-order valence-corrected chi connectivity index (χ3v) is 3.00. The van der Waals surface area contributed by atoms with Crippen LogP contribution in [0.15, 0.2) is 24.3 Å². The predicted octanol–water partition coefficient (Wildman–Crippen LogP) is 2.99. The van der Waals surface area contributed by atoms with Crippen molar-refractivity contribution >= 4 is 5.97 Å². The van der Waals surface area contributed by atoms with Crippen LogP contribution in [0.25, 0.3) is 0 Å². The number of rotatable bonds is 7. The van der Waals surface area contributed by atoms with Crippen molar-refractivity contribution in [3.63, 3.8) is 0 Å². The van der Waals surface area contributed by atoms with Gasteiger partial charge >= 0.3 is 5.97 Å². The van der Waals surface area contributed by atoms with E-state index in [-0.39, 0.29) is 17.8 Å². The Hall–Kier alpha value is -1.42. The van der Waals surface area contributed by atoms with Gasteiger partial charge in [0.25, 0.3) is 0 Å². The lowest BCUT2D eigenvalue weighted by atomic mass is 10.1. The summed E-state index contributed by atoms with van der Waals surface area (Å²) in [5.74, 6) is -0.434. The van der Waals surface area contributed by atoms with Gasteiger partial charge in [0.15, 0.2) is 0 Å². The van der Waals surface area contributed by atoms with E-state index in [4.69, 9.17) is 4.74 Å². The van der Waals surface area contributed by atoms with E-state index in [1.807, 2.05) is 18.9 Å². The van der Waals surface area contributed by atoms with Crippen LogP contribution in [-0.4, -0.2) is 30.6 Å². The number of hydrogen-bond acceptors (Lipinski definition) is 3. The fourth-order valence-corrected chi connectivity index (χ4v) is 2.02. The lowest BCUT2D eigenvalue weighted by molar-refractivity contribution is -0.149. The van der Waals surface area contributed by atoms with Gasteiger partial charge in [-0.25, -0.2) is 4.39 Å². The van der Waals surface area contributed by atoms with E-state index in [0.717, 1.165) is 18.4 Å². The van der Waals surface area contributed by atoms with Crippen molar-refractivity contribution in [3.05, 3.63) is 35.6 Å². The van der Waals surface area contributed by atoms with Gasteiger partial charge < -0.3 is 4.74 Å². The molecule has 0 aliphatic heterocycles. The second kappa shape index (κ2) is 7.89. The summed E-state index contributed by atoms with van der Waals surface area (Å²) < 4.78 is 17.9. The molecule has 0 amide bonds. The highest BCUT2D eigenvalue weighted by Crippen LogP contribution is 2.12. The molecule has 1 aromatic carbocycles. The average Bonchev–Trinajstić information content (AvgIpc) is 2.38. The quantitative estimate of drug-likeness (QED) is 0.711. The van der Waals surface area contributed by atoms with Crippen molar-refractivity contribution < 1.29 is 13.9 Å². The highest BCUT2D eigenvalue weighted by atomic mass is 19.1. The van der Waals surface area contributed by atoms with E-state index >= 15 is 0 Å². The number of ether oxygens (including phenoxy) is 1. The summed E-state index contributed by atoms with van der Waals surface area (Å²) in [6.07, 6.45) is 1.67. The number of benzene rings is 1. The van der Waals surface area contributed by atoms with Crippen molar-refractivity contribution in [1.82, 2.24) is 4.90 Å². The van der Waals surface area contributed by atoms with Gasteiger partial charge in [0.2, 0.25) is 0 Å². The third-order valence-electron chi connectivity index (χ3n) is 3.00. The Kier molecular flexibility index (Phi) is 6.50. The molecule has 0 aliphatic rings. The zero-order valence-electron chi connectivity index (χ0n) is 11.9. The van der Waals surface area contributed by atoms with Gasteiger partial charge in [0, 0.05) is 6.54 Å². The Morgan fingerprint density at radius 3 is 2.47 bits per heavy atom. The Labute approximate surface area is 114 Å². The van der Waals surface area contributed by atoms with Crippen molar-refractivity contribution in [1.29, 1.82) is 0 Å². The van der Waals surface area contributed by atoms with Gasteiger partial charge in [0.1, 0.15) is 11.9 Å². The van der Waals surface area contributed by atoms with Crippen molar-refractivity contribution in [3.8, 4) is 0 Å². The summed E-state index contributed by atoms with van der Waals surface area (Å²) in [5.41, 5.74) is 0.981. The molecule has 0 N–H and O–H groups in total. The zero-order chi connectivity index (χ0) is 14.3. The minimum absolute atomic E-state index is 0.186. The monoisotopic (exact) mass is 267 g/mol. The van der Waals surface area contributed by atoms with E-state index in [9.17, 15) is 9.18 Å². The minimum Gasteiger partial charge on any atom is -0.465 e. The Morgan fingerprint density at radius 1 is 1.32 bits per heavy atom. The minimum atomic E-state index is -0.248. The molecular formula is C15H22FNO2. The zero-order valence-corrected chi connectivity index (χ0v) is 11.9. The van der Waals surface area contributed by atoms with Crippen LogP contribution in [-0.2, 0) is 16.1 Å². The molecule has 0 heterocycles. The molecule has 0 bridgehead atoms. The molecule has 19 heavy (non-hydrogen) atoms. The predicted molar refractivity (Wildman–Crippen MR) is 73.2 cm³/mol. The molecule has 0 saturated carbocycles. The Balaban J connectivity index is 2.68. The van der Waals surface area contributed by atoms with Crippen LogP contribution in [0.4, 0.5) is 4.39 Å². The van der Waals surface area contributed by atoms with Gasteiger partial charge in [-0.05, 0) is 38.1 Å². The van der Waals surface area contributed by atoms with Gasteiger partial charge in [-0.15, -0.1) is 0 Å². The van der Waals surface area contributed by atoms with Crippen LogP contribution in [0.5, 0.6) is 0 Å². The van der Waals surface area contributed by atoms with E-state index in [0.29, 0.717) is 13.2 Å². The van der Waals surface area contributed by atoms with E-state index < -0.39 is 0 Å². The molecule has 0 saturated heterocycles. The van der Waals surface area contributed by atoms with Crippen LogP contribution in [0.1, 0.15) is 32.3 Å². The third kappa shape index (κ3) is 4.99. The Bertz CT molecular complexity index is 392. The second-order valence-corrected chi connectivity index (χ2v) is 4.60.